The van der Waals surface area contributed by atoms with Gasteiger partial charge in [-0.05, 0) is 29.8 Å². The highest BCUT2D eigenvalue weighted by molar-refractivity contribution is 7.99. The number of thioether (sulfide) groups is 1. The number of rotatable bonds is 7. The first-order valence-electron chi connectivity index (χ1n) is 9.43. The molecule has 31 heavy (non-hydrogen) atoms. The van der Waals surface area contributed by atoms with Gasteiger partial charge in [0, 0.05) is 0 Å². The first kappa shape index (κ1) is 19.5. The summed E-state index contributed by atoms with van der Waals surface area (Å²) in [6.45, 7) is 0.567. The van der Waals surface area contributed by atoms with Crippen LogP contribution in [-0.4, -0.2) is 35.2 Å². The average molecular weight is 449 g/mol. The lowest BCUT2D eigenvalue weighted by molar-refractivity contribution is -0.113. The fourth-order valence-electron chi connectivity index (χ4n) is 3.12. The number of nitrogens with zero attached hydrogens (tertiary/aromatic N) is 5. The van der Waals surface area contributed by atoms with E-state index < -0.39 is 0 Å². The Hall–Kier alpha value is -3.50. The lowest BCUT2D eigenvalue weighted by atomic mass is 10.2. The molecule has 5 rings (SSSR count). The number of carbonyl (C=O) groups excluding carboxylic acids is 1. The van der Waals surface area contributed by atoms with Crippen molar-refractivity contribution in [3.63, 3.8) is 0 Å². The zero-order valence-electron chi connectivity index (χ0n) is 16.1. The summed E-state index contributed by atoms with van der Waals surface area (Å²) in [6, 6.07) is 19.2. The molecule has 0 saturated heterocycles. The molecule has 0 saturated carbocycles. The second-order valence-corrected chi connectivity index (χ2v) is 8.10. The van der Waals surface area contributed by atoms with Gasteiger partial charge in [-0.3, -0.25) is 9.36 Å². The van der Waals surface area contributed by atoms with Crippen molar-refractivity contribution >= 4 is 46.1 Å². The smallest absolute Gasteiger partial charge is 0.234 e. The quantitative estimate of drug-likeness (QED) is 0.370. The van der Waals surface area contributed by atoms with Crippen LogP contribution in [0.2, 0.25) is 0 Å². The zero-order valence-corrected chi connectivity index (χ0v) is 17.8. The van der Waals surface area contributed by atoms with E-state index in [9.17, 15) is 4.79 Å². The maximum absolute atomic E-state index is 12.6. The standard InChI is InChI=1S/C21H16N6O2S2/c28-18(22-15-8-4-9-16-19(15)26-31-25-16)13-30-21-24-23-20(17-10-5-11-29-17)27(21)12-14-6-2-1-3-7-14/h1-11H,12-13H2,(H,22,28). The molecule has 0 aliphatic rings. The Balaban J connectivity index is 1.35. The summed E-state index contributed by atoms with van der Waals surface area (Å²) < 4.78 is 15.9. The summed E-state index contributed by atoms with van der Waals surface area (Å²) in [7, 11) is 0. The number of fused-ring (bicyclic) bond motifs is 1. The molecule has 2 aromatic carbocycles. The molecule has 10 heteroatoms. The van der Waals surface area contributed by atoms with Crippen molar-refractivity contribution in [2.45, 2.75) is 11.7 Å². The predicted octanol–water partition coefficient (Wildman–Crippen LogP) is 4.32. The van der Waals surface area contributed by atoms with E-state index in [0.717, 1.165) is 22.8 Å². The average Bonchev–Trinajstić information content (AvgIpc) is 3.54. The Kier molecular flexibility index (Phi) is 5.46. The third kappa shape index (κ3) is 4.21. The molecule has 0 spiro atoms. The van der Waals surface area contributed by atoms with Crippen LogP contribution >= 0.6 is 23.5 Å². The Morgan fingerprint density at radius 1 is 1.03 bits per heavy atom. The predicted molar refractivity (Wildman–Crippen MR) is 120 cm³/mol. The van der Waals surface area contributed by atoms with Crippen LogP contribution in [-0.2, 0) is 11.3 Å². The number of nitrogens with one attached hydrogen (secondary N) is 1. The molecular formula is C21H16N6O2S2. The molecule has 0 fully saturated rings. The number of aromatic nitrogens is 5. The Labute approximate surface area is 185 Å². The zero-order chi connectivity index (χ0) is 21.0. The molecule has 0 aliphatic heterocycles. The van der Waals surface area contributed by atoms with E-state index in [2.05, 4.69) is 24.3 Å². The van der Waals surface area contributed by atoms with Crippen molar-refractivity contribution in [2.75, 3.05) is 11.1 Å². The van der Waals surface area contributed by atoms with Crippen LogP contribution in [0.3, 0.4) is 0 Å². The molecule has 0 atom stereocenters. The maximum Gasteiger partial charge on any atom is 0.234 e. The molecule has 3 aromatic heterocycles. The van der Waals surface area contributed by atoms with Crippen LogP contribution in [0.15, 0.2) is 76.5 Å². The van der Waals surface area contributed by atoms with Crippen molar-refractivity contribution in [1.29, 1.82) is 0 Å². The highest BCUT2D eigenvalue weighted by Gasteiger charge is 2.18. The first-order valence-corrected chi connectivity index (χ1v) is 11.1. The van der Waals surface area contributed by atoms with Crippen LogP contribution < -0.4 is 5.32 Å². The van der Waals surface area contributed by atoms with E-state index in [1.165, 1.54) is 11.8 Å². The van der Waals surface area contributed by atoms with Crippen LogP contribution in [0.4, 0.5) is 5.69 Å². The Morgan fingerprint density at radius 3 is 2.77 bits per heavy atom. The summed E-state index contributed by atoms with van der Waals surface area (Å²) >= 11 is 2.44. The SMILES string of the molecule is O=C(CSc1nnc(-c2ccco2)n1Cc1ccccc1)Nc1cccc2nsnc12. The van der Waals surface area contributed by atoms with Crippen molar-refractivity contribution in [2.24, 2.45) is 0 Å². The molecule has 0 bridgehead atoms. The van der Waals surface area contributed by atoms with Crippen LogP contribution in [0.25, 0.3) is 22.6 Å². The van der Waals surface area contributed by atoms with Gasteiger partial charge in [0.25, 0.3) is 0 Å². The molecule has 3 heterocycles. The molecule has 1 N–H and O–H groups in total. The normalized spacial score (nSPS) is 11.1. The van der Waals surface area contributed by atoms with Gasteiger partial charge in [0.05, 0.1) is 36.0 Å². The number of anilines is 1. The first-order chi connectivity index (χ1) is 15.3. The molecule has 5 aromatic rings. The monoisotopic (exact) mass is 448 g/mol. The molecule has 0 aliphatic carbocycles. The minimum atomic E-state index is -0.153. The fraction of sp³-hybridized carbons (Fsp3) is 0.0952. The highest BCUT2D eigenvalue weighted by atomic mass is 32.2. The summed E-state index contributed by atoms with van der Waals surface area (Å²) in [5, 5.41) is 12.2. The number of benzene rings is 2. The number of hydrogen-bond acceptors (Lipinski definition) is 8. The second-order valence-electron chi connectivity index (χ2n) is 6.63. The number of hydrogen-bond donors (Lipinski definition) is 1. The molecule has 8 nitrogen and oxygen atoms in total. The van der Waals surface area contributed by atoms with Gasteiger partial charge in [0.2, 0.25) is 11.7 Å². The van der Waals surface area contributed by atoms with E-state index in [4.69, 9.17) is 4.42 Å². The van der Waals surface area contributed by atoms with Gasteiger partial charge < -0.3 is 9.73 Å². The van der Waals surface area contributed by atoms with Gasteiger partial charge in [-0.2, -0.15) is 8.75 Å². The van der Waals surface area contributed by atoms with E-state index in [0.29, 0.717) is 34.5 Å². The fourth-order valence-corrected chi connectivity index (χ4v) is 4.40. The van der Waals surface area contributed by atoms with Gasteiger partial charge in [0.1, 0.15) is 11.0 Å². The third-order valence-corrected chi connectivity index (χ3v) is 6.04. The summed E-state index contributed by atoms with van der Waals surface area (Å²) in [4.78, 5) is 12.6. The minimum Gasteiger partial charge on any atom is -0.461 e. The topological polar surface area (TPSA) is 98.7 Å². The van der Waals surface area contributed by atoms with E-state index in [1.54, 1.807) is 6.26 Å². The van der Waals surface area contributed by atoms with Crippen LogP contribution in [0, 0.1) is 0 Å². The van der Waals surface area contributed by atoms with Crippen LogP contribution in [0.1, 0.15) is 5.56 Å². The van der Waals surface area contributed by atoms with Crippen molar-refractivity contribution < 1.29 is 9.21 Å². The van der Waals surface area contributed by atoms with Crippen LogP contribution in [0.5, 0.6) is 0 Å². The second kappa shape index (κ2) is 8.70. The number of amides is 1. The molecule has 154 valence electrons. The summed E-state index contributed by atoms with van der Waals surface area (Å²) in [5.41, 5.74) is 3.21. The van der Waals surface area contributed by atoms with Crippen molar-refractivity contribution in [3.8, 4) is 11.6 Å². The minimum absolute atomic E-state index is 0.153. The summed E-state index contributed by atoms with van der Waals surface area (Å²) in [6.07, 6.45) is 1.60. The Morgan fingerprint density at radius 2 is 1.94 bits per heavy atom. The maximum atomic E-state index is 12.6. The number of carbonyl (C=O) groups is 1. The lowest BCUT2D eigenvalue weighted by Gasteiger charge is -2.09. The highest BCUT2D eigenvalue weighted by Crippen LogP contribution is 2.26. The van der Waals surface area contributed by atoms with Crippen molar-refractivity contribution in [3.05, 3.63) is 72.5 Å². The molecule has 1 amide bonds. The third-order valence-electron chi connectivity index (χ3n) is 4.53. The molecule has 0 unspecified atom stereocenters. The van der Waals surface area contributed by atoms with Gasteiger partial charge in [-0.1, -0.05) is 48.2 Å². The molecular weight excluding hydrogens is 432 g/mol. The van der Waals surface area contributed by atoms with E-state index in [1.807, 2.05) is 65.2 Å². The summed E-state index contributed by atoms with van der Waals surface area (Å²) in [5.74, 6) is 1.27. The number of furan rings is 1. The largest absolute Gasteiger partial charge is 0.461 e. The lowest BCUT2D eigenvalue weighted by Crippen LogP contribution is -2.15. The van der Waals surface area contributed by atoms with Gasteiger partial charge in [-0.25, -0.2) is 0 Å². The molecule has 0 radical (unpaired) electrons. The van der Waals surface area contributed by atoms with Gasteiger partial charge in [0.15, 0.2) is 10.9 Å². The van der Waals surface area contributed by atoms with Crippen molar-refractivity contribution in [1.82, 2.24) is 23.5 Å². The Bertz CT molecular complexity index is 1310. The van der Waals surface area contributed by atoms with E-state index in [-0.39, 0.29) is 11.7 Å². The van der Waals surface area contributed by atoms with Gasteiger partial charge >= 0.3 is 0 Å². The van der Waals surface area contributed by atoms with E-state index >= 15 is 0 Å². The van der Waals surface area contributed by atoms with Gasteiger partial charge in [-0.15, -0.1) is 10.2 Å².